The van der Waals surface area contributed by atoms with Gasteiger partial charge in [0.2, 0.25) is 0 Å². The molecule has 3 rings (SSSR count). The minimum atomic E-state index is -3.16. The van der Waals surface area contributed by atoms with Crippen LogP contribution < -0.4 is 15.5 Å². The maximum Gasteiger partial charge on any atom is 0.191 e. The molecule has 158 valence electrons. The summed E-state index contributed by atoms with van der Waals surface area (Å²) in [5.74, 6) is 0.753. The molecule has 1 atom stereocenters. The van der Waals surface area contributed by atoms with Gasteiger partial charge in [-0.1, -0.05) is 29.8 Å². The standard InChI is InChI=1S/C21H28N4O2S.HI/c1-16-4-8-19(9-5-16)25-13-12-18(15-25)24-21(22-2)23-14-17-6-10-20(11-7-17)28(3,26)27;/h4-11,18H,12-15H2,1-3H3,(H2,22,23,24);1H. The van der Waals surface area contributed by atoms with Crippen LogP contribution in [0.25, 0.3) is 0 Å². The van der Waals surface area contributed by atoms with Gasteiger partial charge in [-0.15, -0.1) is 24.0 Å². The average molecular weight is 528 g/mol. The molecule has 2 N–H and O–H groups in total. The molecular weight excluding hydrogens is 499 g/mol. The van der Waals surface area contributed by atoms with Crippen molar-refractivity contribution in [1.82, 2.24) is 10.6 Å². The third-order valence-electron chi connectivity index (χ3n) is 4.96. The van der Waals surface area contributed by atoms with E-state index in [1.54, 1.807) is 19.2 Å². The van der Waals surface area contributed by atoms with Crippen molar-refractivity contribution in [2.24, 2.45) is 4.99 Å². The van der Waals surface area contributed by atoms with Crippen LogP contribution in [0.4, 0.5) is 5.69 Å². The first-order valence-electron chi connectivity index (χ1n) is 9.43. The Labute approximate surface area is 190 Å². The summed E-state index contributed by atoms with van der Waals surface area (Å²) in [6, 6.07) is 15.9. The molecule has 29 heavy (non-hydrogen) atoms. The fourth-order valence-electron chi connectivity index (χ4n) is 3.30. The molecule has 0 spiro atoms. The fraction of sp³-hybridized carbons (Fsp3) is 0.381. The van der Waals surface area contributed by atoms with Gasteiger partial charge in [-0.25, -0.2) is 8.42 Å². The van der Waals surface area contributed by atoms with E-state index in [1.165, 1.54) is 17.5 Å². The number of sulfone groups is 1. The van der Waals surface area contributed by atoms with Gasteiger partial charge in [0.25, 0.3) is 0 Å². The van der Waals surface area contributed by atoms with Crippen molar-refractivity contribution < 1.29 is 8.42 Å². The van der Waals surface area contributed by atoms with Crippen molar-refractivity contribution in [3.63, 3.8) is 0 Å². The van der Waals surface area contributed by atoms with Crippen molar-refractivity contribution in [1.29, 1.82) is 0 Å². The maximum atomic E-state index is 11.5. The Balaban J connectivity index is 0.00000300. The molecule has 1 aliphatic rings. The minimum absolute atomic E-state index is 0. The molecule has 1 saturated heterocycles. The van der Waals surface area contributed by atoms with Crippen LogP contribution in [0.3, 0.4) is 0 Å². The number of hydrogen-bond donors (Lipinski definition) is 2. The van der Waals surface area contributed by atoms with Gasteiger partial charge in [0.15, 0.2) is 15.8 Å². The lowest BCUT2D eigenvalue weighted by atomic mass is 10.2. The summed E-state index contributed by atoms with van der Waals surface area (Å²) in [7, 11) is -1.40. The second kappa shape index (κ2) is 10.3. The van der Waals surface area contributed by atoms with E-state index in [-0.39, 0.29) is 24.0 Å². The largest absolute Gasteiger partial charge is 0.369 e. The third kappa shape index (κ3) is 6.60. The van der Waals surface area contributed by atoms with Gasteiger partial charge >= 0.3 is 0 Å². The molecule has 0 radical (unpaired) electrons. The Morgan fingerprint density at radius 3 is 2.38 bits per heavy atom. The van der Waals surface area contributed by atoms with Crippen molar-refractivity contribution in [2.75, 3.05) is 31.3 Å². The van der Waals surface area contributed by atoms with Crippen molar-refractivity contribution in [3.8, 4) is 0 Å². The van der Waals surface area contributed by atoms with Gasteiger partial charge in [-0.2, -0.15) is 0 Å². The highest BCUT2D eigenvalue weighted by Crippen LogP contribution is 2.20. The van der Waals surface area contributed by atoms with Gasteiger partial charge < -0.3 is 15.5 Å². The number of anilines is 1. The van der Waals surface area contributed by atoms with Crippen LogP contribution in [-0.4, -0.2) is 46.8 Å². The summed E-state index contributed by atoms with van der Waals surface area (Å²) in [5.41, 5.74) is 3.53. The molecule has 2 aromatic carbocycles. The molecule has 8 heteroatoms. The number of guanidine groups is 1. The molecule has 2 aromatic rings. The molecule has 1 aliphatic heterocycles. The first kappa shape index (κ1) is 23.5. The monoisotopic (exact) mass is 528 g/mol. The lowest BCUT2D eigenvalue weighted by Gasteiger charge is -2.20. The van der Waals surface area contributed by atoms with Crippen LogP contribution in [0.2, 0.25) is 0 Å². The highest BCUT2D eigenvalue weighted by atomic mass is 127. The summed E-state index contributed by atoms with van der Waals surface area (Å²) >= 11 is 0. The molecule has 0 bridgehead atoms. The molecule has 0 aromatic heterocycles. The van der Waals surface area contributed by atoms with Crippen LogP contribution in [0.1, 0.15) is 17.5 Å². The predicted molar refractivity (Wildman–Crippen MR) is 130 cm³/mol. The average Bonchev–Trinajstić information content (AvgIpc) is 3.14. The second-order valence-corrected chi connectivity index (χ2v) is 9.27. The van der Waals surface area contributed by atoms with E-state index in [4.69, 9.17) is 0 Å². The molecule has 0 aliphatic carbocycles. The van der Waals surface area contributed by atoms with E-state index < -0.39 is 9.84 Å². The normalized spacial score (nSPS) is 17.0. The second-order valence-electron chi connectivity index (χ2n) is 7.25. The lowest BCUT2D eigenvalue weighted by molar-refractivity contribution is 0.602. The quantitative estimate of drug-likeness (QED) is 0.355. The minimum Gasteiger partial charge on any atom is -0.369 e. The van der Waals surface area contributed by atoms with Gasteiger partial charge in [0.05, 0.1) is 4.90 Å². The summed E-state index contributed by atoms with van der Waals surface area (Å²) in [6.45, 7) is 4.64. The number of rotatable bonds is 5. The molecule has 0 amide bonds. The Morgan fingerprint density at radius 2 is 1.79 bits per heavy atom. The number of nitrogens with one attached hydrogen (secondary N) is 2. The molecular formula is C21H29IN4O2S. The molecule has 6 nitrogen and oxygen atoms in total. The predicted octanol–water partition coefficient (Wildman–Crippen LogP) is 2.96. The Morgan fingerprint density at radius 1 is 1.14 bits per heavy atom. The number of benzene rings is 2. The molecule has 1 unspecified atom stereocenters. The van der Waals surface area contributed by atoms with Gasteiger partial charge in [0.1, 0.15) is 0 Å². The number of aryl methyl sites for hydroxylation is 1. The number of hydrogen-bond acceptors (Lipinski definition) is 4. The van der Waals surface area contributed by atoms with Crippen LogP contribution in [0.15, 0.2) is 58.4 Å². The van der Waals surface area contributed by atoms with Crippen LogP contribution in [0, 0.1) is 6.92 Å². The zero-order valence-corrected chi connectivity index (χ0v) is 20.2. The number of halogens is 1. The fourth-order valence-corrected chi connectivity index (χ4v) is 3.93. The van der Waals surface area contributed by atoms with Crippen molar-refractivity contribution in [2.45, 2.75) is 30.8 Å². The topological polar surface area (TPSA) is 73.8 Å². The van der Waals surface area contributed by atoms with E-state index in [0.29, 0.717) is 17.5 Å². The van der Waals surface area contributed by atoms with E-state index in [1.807, 2.05) is 12.1 Å². The number of nitrogens with zero attached hydrogens (tertiary/aromatic N) is 2. The molecule has 1 fully saturated rings. The Bertz CT molecular complexity index is 928. The van der Waals surface area contributed by atoms with E-state index in [9.17, 15) is 8.42 Å². The lowest BCUT2D eigenvalue weighted by Crippen LogP contribution is -2.44. The molecule has 0 saturated carbocycles. The summed E-state index contributed by atoms with van der Waals surface area (Å²) < 4.78 is 23.1. The van der Waals surface area contributed by atoms with Crippen LogP contribution >= 0.6 is 24.0 Å². The SMILES string of the molecule is CN=C(NCc1ccc(S(C)(=O)=O)cc1)NC1CCN(c2ccc(C)cc2)C1.I. The zero-order chi connectivity index (χ0) is 20.1. The van der Waals surface area contributed by atoms with Crippen LogP contribution in [-0.2, 0) is 16.4 Å². The van der Waals surface area contributed by atoms with Gasteiger partial charge in [-0.05, 0) is 43.2 Å². The van der Waals surface area contributed by atoms with Gasteiger partial charge in [-0.3, -0.25) is 4.99 Å². The highest BCUT2D eigenvalue weighted by molar-refractivity contribution is 14.0. The summed E-state index contributed by atoms with van der Waals surface area (Å²) in [6.07, 6.45) is 2.27. The zero-order valence-electron chi connectivity index (χ0n) is 17.1. The van der Waals surface area contributed by atoms with E-state index in [2.05, 4.69) is 51.7 Å². The van der Waals surface area contributed by atoms with Crippen molar-refractivity contribution >= 4 is 45.5 Å². The first-order valence-corrected chi connectivity index (χ1v) is 11.3. The summed E-state index contributed by atoms with van der Waals surface area (Å²) in [4.78, 5) is 7.03. The smallest absolute Gasteiger partial charge is 0.191 e. The van der Waals surface area contributed by atoms with Gasteiger partial charge in [0, 0.05) is 44.7 Å². The first-order chi connectivity index (χ1) is 13.3. The highest BCUT2D eigenvalue weighted by Gasteiger charge is 2.23. The van der Waals surface area contributed by atoms with E-state index in [0.717, 1.165) is 31.0 Å². The van der Waals surface area contributed by atoms with Crippen molar-refractivity contribution in [3.05, 3.63) is 59.7 Å². The number of aliphatic imine (C=N–C) groups is 1. The van der Waals surface area contributed by atoms with E-state index >= 15 is 0 Å². The Hall–Kier alpha value is -1.81. The molecule has 1 heterocycles. The maximum absolute atomic E-state index is 11.5. The van der Waals surface area contributed by atoms with Crippen LogP contribution in [0.5, 0.6) is 0 Å². The third-order valence-corrected chi connectivity index (χ3v) is 6.09. The summed E-state index contributed by atoms with van der Waals surface area (Å²) in [5, 5.41) is 6.79. The Kier molecular flexibility index (Phi) is 8.33.